The number of allylic oxidation sites excluding steroid dienone is 5. The summed E-state index contributed by atoms with van der Waals surface area (Å²) >= 11 is 0. The van der Waals surface area contributed by atoms with E-state index in [0.717, 1.165) is 44.9 Å². The smallest absolute Gasteiger partial charge is 0.306 e. The molecule has 1 N–H and O–H groups in total. The molecule has 0 aromatic heterocycles. The first kappa shape index (κ1) is 44.1. The predicted octanol–water partition coefficient (Wildman–Crippen LogP) is 11.4. The van der Waals surface area contributed by atoms with E-state index >= 15 is 0 Å². The van der Waals surface area contributed by atoms with Crippen molar-refractivity contribution in [3.8, 4) is 0 Å². The molecule has 6 nitrogen and oxygen atoms in total. The van der Waals surface area contributed by atoms with Crippen molar-refractivity contribution in [2.45, 2.75) is 206 Å². The van der Waals surface area contributed by atoms with E-state index in [1.165, 1.54) is 109 Å². The molecule has 1 rings (SSSR count). The van der Waals surface area contributed by atoms with E-state index in [1.54, 1.807) is 0 Å². The van der Waals surface area contributed by atoms with Crippen LogP contribution in [0.2, 0.25) is 0 Å². The van der Waals surface area contributed by atoms with Gasteiger partial charge in [-0.05, 0) is 51.4 Å². The Labute approximate surface area is 295 Å². The molecular formula is C42H74O6. The van der Waals surface area contributed by atoms with Crippen molar-refractivity contribution < 1.29 is 28.9 Å². The van der Waals surface area contributed by atoms with Gasteiger partial charge in [-0.15, -0.1) is 0 Å². The van der Waals surface area contributed by atoms with Crippen LogP contribution in [0.15, 0.2) is 36.5 Å². The molecule has 1 heterocycles. The van der Waals surface area contributed by atoms with E-state index < -0.39 is 6.10 Å². The number of unbranched alkanes of at least 4 members (excludes halogenated alkanes) is 18. The molecule has 0 aromatic rings. The minimum Gasteiger partial charge on any atom is -0.462 e. The number of epoxide rings is 1. The van der Waals surface area contributed by atoms with E-state index in [0.29, 0.717) is 19.3 Å². The number of aliphatic hydroxyl groups is 1. The van der Waals surface area contributed by atoms with E-state index in [1.807, 2.05) is 0 Å². The molecule has 6 heteroatoms. The Kier molecular flexibility index (Phi) is 30.8. The van der Waals surface area contributed by atoms with Crippen LogP contribution in [0.25, 0.3) is 0 Å². The highest BCUT2D eigenvalue weighted by Gasteiger charge is 2.36. The SMILES string of the molecule is CCCCC/C=C\C/C=C\C/C=C\CC1OC1CCCC(=O)OC[C@H](CO)OC(=O)CCCCCCCCCCCCCCCCCC. The lowest BCUT2D eigenvalue weighted by Crippen LogP contribution is -2.28. The van der Waals surface area contributed by atoms with Crippen LogP contribution in [0.5, 0.6) is 0 Å². The normalized spacial score (nSPS) is 16.7. The van der Waals surface area contributed by atoms with Crippen molar-refractivity contribution in [1.29, 1.82) is 0 Å². The fourth-order valence-corrected chi connectivity index (χ4v) is 5.93. The third kappa shape index (κ3) is 29.0. The molecule has 1 aliphatic heterocycles. The Hall–Kier alpha value is -1.92. The number of hydrogen-bond acceptors (Lipinski definition) is 6. The molecule has 1 fully saturated rings. The van der Waals surface area contributed by atoms with Gasteiger partial charge in [-0.1, -0.05) is 159 Å². The molecule has 0 amide bonds. The van der Waals surface area contributed by atoms with Crippen LogP contribution in [0, 0.1) is 0 Å². The minimum atomic E-state index is -0.799. The third-order valence-electron chi connectivity index (χ3n) is 9.11. The molecule has 0 saturated carbocycles. The van der Waals surface area contributed by atoms with Gasteiger partial charge in [0.15, 0.2) is 6.10 Å². The van der Waals surface area contributed by atoms with Crippen LogP contribution in [0.3, 0.4) is 0 Å². The summed E-state index contributed by atoms with van der Waals surface area (Å²) in [5.41, 5.74) is 0. The molecule has 3 atom stereocenters. The van der Waals surface area contributed by atoms with Crippen molar-refractivity contribution in [1.82, 2.24) is 0 Å². The molecule has 0 aliphatic carbocycles. The molecule has 0 aromatic carbocycles. The van der Waals surface area contributed by atoms with Crippen molar-refractivity contribution in [3.05, 3.63) is 36.5 Å². The Morgan fingerprint density at radius 1 is 0.604 bits per heavy atom. The van der Waals surface area contributed by atoms with Gasteiger partial charge in [-0.25, -0.2) is 0 Å². The van der Waals surface area contributed by atoms with Crippen LogP contribution in [-0.4, -0.2) is 48.6 Å². The molecule has 0 bridgehead atoms. The lowest BCUT2D eigenvalue weighted by molar-refractivity contribution is -0.161. The first-order valence-electron chi connectivity index (χ1n) is 20.2. The van der Waals surface area contributed by atoms with Gasteiger partial charge in [0.1, 0.15) is 6.61 Å². The number of esters is 2. The zero-order valence-corrected chi connectivity index (χ0v) is 31.2. The number of hydrogen-bond donors (Lipinski definition) is 1. The molecule has 0 radical (unpaired) electrons. The summed E-state index contributed by atoms with van der Waals surface area (Å²) < 4.78 is 16.3. The highest BCUT2D eigenvalue weighted by Crippen LogP contribution is 2.30. The number of carbonyl (C=O) groups is 2. The molecule has 2 unspecified atom stereocenters. The lowest BCUT2D eigenvalue weighted by atomic mass is 10.0. The maximum atomic E-state index is 12.2. The average Bonchev–Trinajstić information content (AvgIpc) is 3.84. The second kappa shape index (κ2) is 33.6. The van der Waals surface area contributed by atoms with E-state index in [4.69, 9.17) is 14.2 Å². The zero-order valence-electron chi connectivity index (χ0n) is 31.2. The second-order valence-electron chi connectivity index (χ2n) is 13.8. The lowest BCUT2D eigenvalue weighted by Gasteiger charge is -2.15. The topological polar surface area (TPSA) is 85.4 Å². The summed E-state index contributed by atoms with van der Waals surface area (Å²) in [5, 5.41) is 9.58. The molecule has 0 spiro atoms. The third-order valence-corrected chi connectivity index (χ3v) is 9.11. The molecule has 278 valence electrons. The minimum absolute atomic E-state index is 0.100. The van der Waals surface area contributed by atoms with Crippen molar-refractivity contribution in [3.63, 3.8) is 0 Å². The average molecular weight is 675 g/mol. The Morgan fingerprint density at radius 2 is 1.10 bits per heavy atom. The van der Waals surface area contributed by atoms with Crippen LogP contribution in [-0.2, 0) is 23.8 Å². The van der Waals surface area contributed by atoms with Crippen molar-refractivity contribution in [2.24, 2.45) is 0 Å². The number of aliphatic hydroxyl groups excluding tert-OH is 1. The van der Waals surface area contributed by atoms with Crippen LogP contribution in [0.1, 0.15) is 187 Å². The quantitative estimate of drug-likeness (QED) is 0.0312. The summed E-state index contributed by atoms with van der Waals surface area (Å²) in [4.78, 5) is 24.4. The largest absolute Gasteiger partial charge is 0.462 e. The number of rotatable bonds is 35. The van der Waals surface area contributed by atoms with Gasteiger partial charge >= 0.3 is 11.9 Å². The fourth-order valence-electron chi connectivity index (χ4n) is 5.93. The van der Waals surface area contributed by atoms with E-state index in [9.17, 15) is 14.7 Å². The van der Waals surface area contributed by atoms with Crippen LogP contribution >= 0.6 is 0 Å². The first-order chi connectivity index (χ1) is 23.6. The summed E-state index contributed by atoms with van der Waals surface area (Å²) in [7, 11) is 0. The first-order valence-corrected chi connectivity index (χ1v) is 20.2. The molecule has 1 aliphatic rings. The predicted molar refractivity (Wildman–Crippen MR) is 200 cm³/mol. The Balaban J connectivity index is 1.93. The summed E-state index contributed by atoms with van der Waals surface area (Å²) in [6.45, 7) is 4.05. The maximum absolute atomic E-state index is 12.2. The van der Waals surface area contributed by atoms with Gasteiger partial charge < -0.3 is 19.3 Å². The standard InChI is InChI=1S/C42H74O6/c1-3-5-7-9-11-13-15-17-18-19-20-22-24-26-28-30-34-42(45)47-38(36-43)37-46-41(44)35-31-33-40-39(48-40)32-29-27-25-23-21-16-14-12-10-8-6-4-2/h12,14,21,23,27,29,38-40,43H,3-11,13,15-20,22,24-26,28,30-37H2,1-2H3/b14-12-,23-21-,29-27-/t38-,39?,40?/m0/s1. The van der Waals surface area contributed by atoms with E-state index in [2.05, 4.69) is 50.3 Å². The maximum Gasteiger partial charge on any atom is 0.306 e. The van der Waals surface area contributed by atoms with Gasteiger partial charge in [-0.2, -0.15) is 0 Å². The van der Waals surface area contributed by atoms with Gasteiger partial charge in [0.2, 0.25) is 0 Å². The number of ether oxygens (including phenoxy) is 3. The van der Waals surface area contributed by atoms with Crippen LogP contribution in [0.4, 0.5) is 0 Å². The van der Waals surface area contributed by atoms with E-state index in [-0.39, 0.29) is 37.4 Å². The molecular weight excluding hydrogens is 600 g/mol. The zero-order chi connectivity index (χ0) is 34.8. The number of carbonyl (C=O) groups excluding carboxylic acids is 2. The highest BCUT2D eigenvalue weighted by molar-refractivity contribution is 5.70. The van der Waals surface area contributed by atoms with Gasteiger partial charge in [0.05, 0.1) is 18.8 Å². The molecule has 1 saturated heterocycles. The molecule has 48 heavy (non-hydrogen) atoms. The highest BCUT2D eigenvalue weighted by atomic mass is 16.6. The summed E-state index contributed by atoms with van der Waals surface area (Å²) in [5.74, 6) is -0.662. The van der Waals surface area contributed by atoms with Crippen molar-refractivity contribution in [2.75, 3.05) is 13.2 Å². The summed E-state index contributed by atoms with van der Waals surface area (Å²) in [6.07, 6.45) is 43.7. The van der Waals surface area contributed by atoms with Gasteiger partial charge in [-0.3, -0.25) is 9.59 Å². The van der Waals surface area contributed by atoms with Gasteiger partial charge in [0.25, 0.3) is 0 Å². The summed E-state index contributed by atoms with van der Waals surface area (Å²) in [6, 6.07) is 0. The Morgan fingerprint density at radius 3 is 1.69 bits per heavy atom. The monoisotopic (exact) mass is 675 g/mol. The fraction of sp³-hybridized carbons (Fsp3) is 0.810. The van der Waals surface area contributed by atoms with Crippen molar-refractivity contribution >= 4 is 11.9 Å². The second-order valence-corrected chi connectivity index (χ2v) is 13.8. The Bertz CT molecular complexity index is 834. The van der Waals surface area contributed by atoms with Crippen LogP contribution < -0.4 is 0 Å². The van der Waals surface area contributed by atoms with Gasteiger partial charge in [0, 0.05) is 12.8 Å².